The van der Waals surface area contributed by atoms with Crippen molar-refractivity contribution in [2.75, 3.05) is 5.32 Å². The Labute approximate surface area is 264 Å². The largest absolute Gasteiger partial charge is 0.489 e. The summed E-state index contributed by atoms with van der Waals surface area (Å²) in [5, 5.41) is 16.3. The van der Waals surface area contributed by atoms with Crippen LogP contribution in [0.4, 0.5) is 5.69 Å². The van der Waals surface area contributed by atoms with Crippen molar-refractivity contribution in [2.24, 2.45) is 0 Å². The van der Waals surface area contributed by atoms with E-state index >= 15 is 0 Å². The standard InChI is InChI=1S/C35H25Cl3N2O3/c1-22-6-7-23-4-2-3-5-31(23)32(22)21-43-34-15-10-27(36)17-25(34)16-26(19-39)35(41)40-29-11-13-30(14-12-29)42-20-24-8-9-28(37)18-33(24)38/h2-18H,20-21H2,1H3,(H,40,41)/b26-16+. The molecular formula is C35H25Cl3N2O3. The van der Waals surface area contributed by atoms with E-state index in [9.17, 15) is 10.1 Å². The fourth-order valence-electron chi connectivity index (χ4n) is 4.49. The Morgan fingerprint density at radius 1 is 0.860 bits per heavy atom. The van der Waals surface area contributed by atoms with Crippen LogP contribution >= 0.6 is 34.8 Å². The summed E-state index contributed by atoms with van der Waals surface area (Å²) in [6, 6.07) is 31.4. The summed E-state index contributed by atoms with van der Waals surface area (Å²) >= 11 is 18.4. The molecule has 43 heavy (non-hydrogen) atoms. The van der Waals surface area contributed by atoms with Crippen LogP contribution in [0.15, 0.2) is 103 Å². The van der Waals surface area contributed by atoms with E-state index in [1.807, 2.05) is 25.1 Å². The highest BCUT2D eigenvalue weighted by Gasteiger charge is 2.14. The average Bonchev–Trinajstić information content (AvgIpc) is 3.00. The Kier molecular flexibility index (Phi) is 9.54. The second-order valence-corrected chi connectivity index (χ2v) is 11.0. The molecule has 5 aromatic rings. The van der Waals surface area contributed by atoms with Crippen LogP contribution in [0, 0.1) is 18.3 Å². The fourth-order valence-corrected chi connectivity index (χ4v) is 5.13. The Bertz CT molecular complexity index is 1880. The third-order valence-corrected chi connectivity index (χ3v) is 7.63. The van der Waals surface area contributed by atoms with Crippen LogP contribution in [0.3, 0.4) is 0 Å². The van der Waals surface area contributed by atoms with Gasteiger partial charge in [0, 0.05) is 37.4 Å². The first kappa shape index (κ1) is 30.0. The van der Waals surface area contributed by atoms with Gasteiger partial charge in [-0.15, -0.1) is 0 Å². The smallest absolute Gasteiger partial charge is 0.266 e. The minimum Gasteiger partial charge on any atom is -0.489 e. The lowest BCUT2D eigenvalue weighted by Crippen LogP contribution is -2.13. The van der Waals surface area contributed by atoms with Gasteiger partial charge in [-0.2, -0.15) is 5.26 Å². The van der Waals surface area contributed by atoms with Crippen molar-refractivity contribution in [1.29, 1.82) is 5.26 Å². The number of nitrogens with zero attached hydrogens (tertiary/aromatic N) is 1. The molecular weight excluding hydrogens is 603 g/mol. The van der Waals surface area contributed by atoms with Crippen LogP contribution in [-0.2, 0) is 18.0 Å². The first-order chi connectivity index (χ1) is 20.8. The van der Waals surface area contributed by atoms with E-state index in [-0.39, 0.29) is 12.2 Å². The number of halogens is 3. The van der Waals surface area contributed by atoms with Crippen molar-refractivity contribution in [2.45, 2.75) is 20.1 Å². The number of carbonyl (C=O) groups excluding carboxylic acids is 1. The third-order valence-electron chi connectivity index (χ3n) is 6.81. The molecule has 214 valence electrons. The van der Waals surface area contributed by atoms with Crippen molar-refractivity contribution < 1.29 is 14.3 Å². The number of ether oxygens (including phenoxy) is 2. The number of fused-ring (bicyclic) bond motifs is 1. The highest BCUT2D eigenvalue weighted by Crippen LogP contribution is 2.29. The topological polar surface area (TPSA) is 71.3 Å². The SMILES string of the molecule is Cc1ccc2ccccc2c1COc1ccc(Cl)cc1/C=C(\C#N)C(=O)Nc1ccc(OCc2ccc(Cl)cc2Cl)cc1. The highest BCUT2D eigenvalue weighted by molar-refractivity contribution is 6.35. The number of rotatable bonds is 9. The summed E-state index contributed by atoms with van der Waals surface area (Å²) in [5.74, 6) is 0.515. The molecule has 0 spiro atoms. The van der Waals surface area contributed by atoms with Crippen molar-refractivity contribution in [3.8, 4) is 17.6 Å². The predicted molar refractivity (Wildman–Crippen MR) is 174 cm³/mol. The average molecular weight is 628 g/mol. The number of benzene rings is 5. The number of nitriles is 1. The minimum atomic E-state index is -0.570. The zero-order chi connectivity index (χ0) is 30.3. The molecule has 0 radical (unpaired) electrons. The van der Waals surface area contributed by atoms with Crippen LogP contribution in [0.5, 0.6) is 11.5 Å². The van der Waals surface area contributed by atoms with E-state index in [0.29, 0.717) is 44.4 Å². The van der Waals surface area contributed by atoms with Crippen molar-refractivity contribution in [3.63, 3.8) is 0 Å². The molecule has 0 aliphatic rings. The highest BCUT2D eigenvalue weighted by atomic mass is 35.5. The molecule has 0 saturated carbocycles. The van der Waals surface area contributed by atoms with Gasteiger partial charge in [0.1, 0.15) is 36.4 Å². The van der Waals surface area contributed by atoms with Crippen molar-refractivity contribution >= 4 is 63.2 Å². The number of nitrogens with one attached hydrogen (secondary N) is 1. The first-order valence-electron chi connectivity index (χ1n) is 13.3. The number of anilines is 1. The van der Waals surface area contributed by atoms with E-state index in [1.165, 1.54) is 6.08 Å². The maximum Gasteiger partial charge on any atom is 0.266 e. The molecule has 0 fully saturated rings. The second-order valence-electron chi connectivity index (χ2n) is 9.73. The zero-order valence-electron chi connectivity index (χ0n) is 23.0. The van der Waals surface area contributed by atoms with Gasteiger partial charge in [0.25, 0.3) is 5.91 Å². The molecule has 0 unspecified atom stereocenters. The third kappa shape index (κ3) is 7.49. The Balaban J connectivity index is 1.28. The molecule has 1 amide bonds. The molecule has 0 saturated heterocycles. The van der Waals surface area contributed by atoms with Gasteiger partial charge in [0.2, 0.25) is 0 Å². The second kappa shape index (κ2) is 13.7. The number of aryl methyl sites for hydroxylation is 1. The molecule has 1 N–H and O–H groups in total. The van der Waals surface area contributed by atoms with E-state index < -0.39 is 5.91 Å². The van der Waals surface area contributed by atoms with Gasteiger partial charge in [-0.3, -0.25) is 4.79 Å². The molecule has 8 heteroatoms. The zero-order valence-corrected chi connectivity index (χ0v) is 25.3. The number of amides is 1. The van der Waals surface area contributed by atoms with Gasteiger partial charge in [-0.25, -0.2) is 0 Å². The Morgan fingerprint density at radius 3 is 2.37 bits per heavy atom. The predicted octanol–water partition coefficient (Wildman–Crippen LogP) is 9.81. The Hall–Kier alpha value is -4.47. The van der Waals surface area contributed by atoms with Crippen LogP contribution in [0.25, 0.3) is 16.8 Å². The maximum atomic E-state index is 13.0. The van der Waals surface area contributed by atoms with Gasteiger partial charge in [-0.1, -0.05) is 77.3 Å². The van der Waals surface area contributed by atoms with Gasteiger partial charge < -0.3 is 14.8 Å². The summed E-state index contributed by atoms with van der Waals surface area (Å²) < 4.78 is 12.0. The van der Waals surface area contributed by atoms with Crippen LogP contribution in [0.1, 0.15) is 22.3 Å². The normalized spacial score (nSPS) is 11.2. The Morgan fingerprint density at radius 2 is 1.60 bits per heavy atom. The van der Waals surface area contributed by atoms with E-state index in [4.69, 9.17) is 44.3 Å². The lowest BCUT2D eigenvalue weighted by Gasteiger charge is -2.14. The molecule has 0 bridgehead atoms. The lowest BCUT2D eigenvalue weighted by atomic mass is 10.0. The molecule has 0 aliphatic heterocycles. The summed E-state index contributed by atoms with van der Waals surface area (Å²) in [6.07, 6.45) is 1.47. The van der Waals surface area contributed by atoms with Crippen LogP contribution < -0.4 is 14.8 Å². The number of hydrogen-bond donors (Lipinski definition) is 1. The van der Waals surface area contributed by atoms with Gasteiger partial charge >= 0.3 is 0 Å². The van der Waals surface area contributed by atoms with Crippen molar-refractivity contribution in [3.05, 3.63) is 140 Å². The van der Waals surface area contributed by atoms with E-state index in [1.54, 1.807) is 60.7 Å². The van der Waals surface area contributed by atoms with E-state index in [2.05, 4.69) is 29.6 Å². The number of hydrogen-bond acceptors (Lipinski definition) is 4. The van der Waals surface area contributed by atoms with Crippen LogP contribution in [-0.4, -0.2) is 5.91 Å². The monoisotopic (exact) mass is 626 g/mol. The lowest BCUT2D eigenvalue weighted by molar-refractivity contribution is -0.112. The van der Waals surface area contributed by atoms with Gasteiger partial charge in [0.05, 0.1) is 0 Å². The summed E-state index contributed by atoms with van der Waals surface area (Å²) in [5.41, 5.74) is 3.87. The van der Waals surface area contributed by atoms with E-state index in [0.717, 1.165) is 27.5 Å². The molecule has 0 aromatic heterocycles. The fraction of sp³-hybridized carbons (Fsp3) is 0.0857. The molecule has 0 atom stereocenters. The molecule has 5 rings (SSSR count). The van der Waals surface area contributed by atoms with Crippen LogP contribution in [0.2, 0.25) is 15.1 Å². The van der Waals surface area contributed by atoms with Gasteiger partial charge in [-0.05, 0) is 83.9 Å². The summed E-state index contributed by atoms with van der Waals surface area (Å²) in [6.45, 7) is 2.61. The molecule has 5 nitrogen and oxygen atoms in total. The van der Waals surface area contributed by atoms with Gasteiger partial charge in [0.15, 0.2) is 0 Å². The molecule has 0 aliphatic carbocycles. The molecule has 0 heterocycles. The number of carbonyl (C=O) groups is 1. The summed E-state index contributed by atoms with van der Waals surface area (Å²) in [4.78, 5) is 13.0. The maximum absolute atomic E-state index is 13.0. The van der Waals surface area contributed by atoms with Crippen molar-refractivity contribution in [1.82, 2.24) is 0 Å². The summed E-state index contributed by atoms with van der Waals surface area (Å²) in [7, 11) is 0. The minimum absolute atomic E-state index is 0.105. The molecule has 5 aromatic carbocycles. The first-order valence-corrected chi connectivity index (χ1v) is 14.4. The quantitative estimate of drug-likeness (QED) is 0.130.